The SMILES string of the molecule is CON1CCC2(CC1)C(=O)C(c1c(C)cc(Cl)cc1C)C(O)N2OC. The van der Waals surface area contributed by atoms with Gasteiger partial charge in [0, 0.05) is 18.1 Å². The van der Waals surface area contributed by atoms with Crippen LogP contribution in [0.3, 0.4) is 0 Å². The van der Waals surface area contributed by atoms with Gasteiger partial charge in [-0.2, -0.15) is 5.06 Å². The van der Waals surface area contributed by atoms with E-state index in [0.717, 1.165) is 16.7 Å². The smallest absolute Gasteiger partial charge is 0.167 e. The van der Waals surface area contributed by atoms with Gasteiger partial charge in [-0.3, -0.25) is 9.63 Å². The molecule has 2 saturated heterocycles. The van der Waals surface area contributed by atoms with E-state index >= 15 is 0 Å². The molecule has 25 heavy (non-hydrogen) atoms. The zero-order chi connectivity index (χ0) is 18.4. The van der Waals surface area contributed by atoms with Crippen LogP contribution in [-0.4, -0.2) is 60.1 Å². The predicted octanol–water partition coefficient (Wildman–Crippen LogP) is 2.20. The van der Waals surface area contributed by atoms with E-state index in [2.05, 4.69) is 0 Å². The van der Waals surface area contributed by atoms with Crippen molar-refractivity contribution in [2.75, 3.05) is 27.3 Å². The number of aryl methyl sites for hydroxylation is 2. The summed E-state index contributed by atoms with van der Waals surface area (Å²) < 4.78 is 0. The molecule has 2 aliphatic heterocycles. The lowest BCUT2D eigenvalue weighted by Gasteiger charge is -2.41. The van der Waals surface area contributed by atoms with Crippen molar-refractivity contribution in [3.05, 3.63) is 33.8 Å². The third-order valence-corrected chi connectivity index (χ3v) is 5.79. The van der Waals surface area contributed by atoms with E-state index in [0.29, 0.717) is 31.0 Å². The highest BCUT2D eigenvalue weighted by molar-refractivity contribution is 6.30. The number of halogens is 1. The molecule has 2 aliphatic rings. The third kappa shape index (κ3) is 2.91. The summed E-state index contributed by atoms with van der Waals surface area (Å²) >= 11 is 6.13. The summed E-state index contributed by atoms with van der Waals surface area (Å²) in [6.45, 7) is 5.06. The summed E-state index contributed by atoms with van der Waals surface area (Å²) in [7, 11) is 3.13. The number of Topliss-reactive ketones (excluding diaryl/α,β-unsaturated/α-hetero) is 1. The Bertz CT molecular complexity index is 650. The van der Waals surface area contributed by atoms with Crippen molar-refractivity contribution in [1.29, 1.82) is 0 Å². The maximum absolute atomic E-state index is 13.5. The van der Waals surface area contributed by atoms with Gasteiger partial charge in [0.1, 0.15) is 11.8 Å². The van der Waals surface area contributed by atoms with Gasteiger partial charge in [0.05, 0.1) is 20.1 Å². The topological polar surface area (TPSA) is 62.2 Å². The first-order valence-corrected chi connectivity index (χ1v) is 8.85. The van der Waals surface area contributed by atoms with Crippen molar-refractivity contribution in [2.45, 2.75) is 44.4 Å². The standard InChI is InChI=1S/C18H25ClN2O4/c1-11-9-13(19)10-12(2)14(11)15-16(22)18(21(25-4)17(15)23)5-7-20(24-3)8-6-18/h9-10,15,17,23H,5-8H2,1-4H3. The van der Waals surface area contributed by atoms with Crippen molar-refractivity contribution in [3.63, 3.8) is 0 Å². The summed E-state index contributed by atoms with van der Waals surface area (Å²) in [5, 5.41) is 14.9. The van der Waals surface area contributed by atoms with Crippen molar-refractivity contribution < 1.29 is 19.6 Å². The lowest BCUT2D eigenvalue weighted by atomic mass is 9.79. The molecule has 1 aromatic carbocycles. The number of ketones is 1. The van der Waals surface area contributed by atoms with Crippen LogP contribution < -0.4 is 0 Å². The Balaban J connectivity index is 2.02. The second-order valence-electron chi connectivity index (χ2n) is 6.86. The third-order valence-electron chi connectivity index (χ3n) is 5.58. The second kappa shape index (κ2) is 6.95. The average Bonchev–Trinajstić information content (AvgIpc) is 2.76. The molecule has 1 N–H and O–H groups in total. The maximum Gasteiger partial charge on any atom is 0.167 e. The molecule has 1 aromatic rings. The van der Waals surface area contributed by atoms with E-state index in [4.69, 9.17) is 21.3 Å². The first-order chi connectivity index (χ1) is 11.9. The van der Waals surface area contributed by atoms with Gasteiger partial charge in [0.15, 0.2) is 5.78 Å². The van der Waals surface area contributed by atoms with Crippen LogP contribution in [0.1, 0.15) is 35.4 Å². The maximum atomic E-state index is 13.5. The number of piperidine rings is 1. The zero-order valence-corrected chi connectivity index (χ0v) is 15.8. The average molecular weight is 369 g/mol. The summed E-state index contributed by atoms with van der Waals surface area (Å²) in [6.07, 6.45) is 0.0738. The molecule has 0 aromatic heterocycles. The molecule has 0 bridgehead atoms. The van der Waals surface area contributed by atoms with Gasteiger partial charge in [-0.15, -0.1) is 5.06 Å². The Labute approximate surface area is 153 Å². The molecule has 0 radical (unpaired) electrons. The zero-order valence-electron chi connectivity index (χ0n) is 15.1. The monoisotopic (exact) mass is 368 g/mol. The quantitative estimate of drug-likeness (QED) is 0.882. The van der Waals surface area contributed by atoms with Crippen LogP contribution in [0, 0.1) is 13.8 Å². The van der Waals surface area contributed by atoms with E-state index in [1.807, 2.05) is 31.0 Å². The normalized spacial score (nSPS) is 27.4. The number of hydroxylamine groups is 4. The minimum atomic E-state index is -1.02. The van der Waals surface area contributed by atoms with Crippen molar-refractivity contribution >= 4 is 17.4 Å². The molecule has 2 fully saturated rings. The Morgan fingerprint density at radius 2 is 1.72 bits per heavy atom. The van der Waals surface area contributed by atoms with Crippen LogP contribution in [0.2, 0.25) is 5.02 Å². The second-order valence-corrected chi connectivity index (χ2v) is 7.30. The first kappa shape index (κ1) is 18.8. The van der Waals surface area contributed by atoms with Crippen molar-refractivity contribution in [1.82, 2.24) is 10.1 Å². The van der Waals surface area contributed by atoms with Gasteiger partial charge < -0.3 is 9.94 Å². The van der Waals surface area contributed by atoms with Crippen LogP contribution in [0.5, 0.6) is 0 Å². The summed E-state index contributed by atoms with van der Waals surface area (Å²) in [5.74, 6) is -0.641. The molecule has 2 atom stereocenters. The molecule has 2 heterocycles. The molecule has 7 heteroatoms. The Morgan fingerprint density at radius 1 is 1.16 bits per heavy atom. The van der Waals surface area contributed by atoms with Gasteiger partial charge in [-0.1, -0.05) is 11.6 Å². The molecular formula is C18H25ClN2O4. The van der Waals surface area contributed by atoms with Gasteiger partial charge >= 0.3 is 0 Å². The number of hydrogen-bond donors (Lipinski definition) is 1. The minimum Gasteiger partial charge on any atom is -0.375 e. The highest BCUT2D eigenvalue weighted by Crippen LogP contribution is 2.46. The van der Waals surface area contributed by atoms with Gasteiger partial charge in [0.2, 0.25) is 0 Å². The molecule has 0 amide bonds. The molecule has 0 aliphatic carbocycles. The van der Waals surface area contributed by atoms with Crippen molar-refractivity contribution in [2.24, 2.45) is 0 Å². The van der Waals surface area contributed by atoms with Crippen LogP contribution in [0.15, 0.2) is 12.1 Å². The number of aliphatic hydroxyl groups excluding tert-OH is 1. The van der Waals surface area contributed by atoms with Crippen LogP contribution in [0.25, 0.3) is 0 Å². The minimum absolute atomic E-state index is 0.00567. The lowest BCUT2D eigenvalue weighted by Crippen LogP contribution is -2.56. The number of carbonyl (C=O) groups is 1. The fraction of sp³-hybridized carbons (Fsp3) is 0.611. The van der Waals surface area contributed by atoms with E-state index in [1.165, 1.54) is 12.2 Å². The lowest BCUT2D eigenvalue weighted by molar-refractivity contribution is -0.266. The van der Waals surface area contributed by atoms with E-state index in [9.17, 15) is 9.90 Å². The molecular weight excluding hydrogens is 344 g/mol. The number of aliphatic hydroxyl groups is 1. The number of benzene rings is 1. The molecule has 3 rings (SSSR count). The number of rotatable bonds is 3. The van der Waals surface area contributed by atoms with Crippen LogP contribution in [-0.2, 0) is 14.5 Å². The first-order valence-electron chi connectivity index (χ1n) is 8.47. The number of hydrogen-bond acceptors (Lipinski definition) is 6. The fourth-order valence-corrected chi connectivity index (χ4v) is 4.73. The number of nitrogens with zero attached hydrogens (tertiary/aromatic N) is 2. The van der Waals surface area contributed by atoms with Gasteiger partial charge in [0.25, 0.3) is 0 Å². The largest absolute Gasteiger partial charge is 0.375 e. The Morgan fingerprint density at radius 3 is 2.20 bits per heavy atom. The van der Waals surface area contributed by atoms with Crippen LogP contribution >= 0.6 is 11.6 Å². The predicted molar refractivity (Wildman–Crippen MR) is 94.1 cm³/mol. The summed E-state index contributed by atoms with van der Waals surface area (Å²) in [5.41, 5.74) is 1.83. The molecule has 1 spiro atoms. The molecule has 6 nitrogen and oxygen atoms in total. The molecule has 2 unspecified atom stereocenters. The highest BCUT2D eigenvalue weighted by atomic mass is 35.5. The fourth-order valence-electron chi connectivity index (χ4n) is 4.40. The van der Waals surface area contributed by atoms with Crippen molar-refractivity contribution in [3.8, 4) is 0 Å². The van der Waals surface area contributed by atoms with Crippen LogP contribution in [0.4, 0.5) is 0 Å². The van der Waals surface area contributed by atoms with Gasteiger partial charge in [-0.25, -0.2) is 0 Å². The highest BCUT2D eigenvalue weighted by Gasteiger charge is 2.60. The molecule has 0 saturated carbocycles. The number of carbonyl (C=O) groups excluding carboxylic acids is 1. The summed E-state index contributed by atoms with van der Waals surface area (Å²) in [4.78, 5) is 24.2. The van der Waals surface area contributed by atoms with E-state index in [1.54, 1.807) is 7.11 Å². The van der Waals surface area contributed by atoms with Gasteiger partial charge in [-0.05, 0) is 55.5 Å². The Kier molecular flexibility index (Phi) is 5.21. The van der Waals surface area contributed by atoms with E-state index < -0.39 is 17.7 Å². The Hall–Kier alpha value is -1.02. The van der Waals surface area contributed by atoms with E-state index in [-0.39, 0.29) is 5.78 Å². The molecule has 138 valence electrons. The summed E-state index contributed by atoms with van der Waals surface area (Å²) in [6, 6.07) is 3.67.